The fourth-order valence-electron chi connectivity index (χ4n) is 7.64. The third-order valence-electron chi connectivity index (χ3n) is 8.76. The first-order chi connectivity index (χ1) is 18.3. The fraction of sp³-hybridized carbons (Fsp3) is 0.452. The Morgan fingerprint density at radius 3 is 2.16 bits per heavy atom. The van der Waals surface area contributed by atoms with Crippen molar-refractivity contribution in [1.82, 2.24) is 5.32 Å². The first-order valence-corrected chi connectivity index (χ1v) is 13.6. The highest BCUT2D eigenvalue weighted by Crippen LogP contribution is 2.60. The van der Waals surface area contributed by atoms with Crippen molar-refractivity contribution in [1.29, 1.82) is 0 Å². The van der Waals surface area contributed by atoms with E-state index in [1.54, 1.807) is 18.2 Å². The van der Waals surface area contributed by atoms with E-state index in [0.717, 1.165) is 22.7 Å². The van der Waals surface area contributed by atoms with E-state index in [1.807, 2.05) is 26.0 Å². The van der Waals surface area contributed by atoms with Gasteiger partial charge in [0, 0.05) is 5.56 Å². The molecule has 7 rings (SSSR count). The number of barbiturate groups is 1. The van der Waals surface area contributed by atoms with Gasteiger partial charge in [0.1, 0.15) is 5.57 Å². The number of nitrogens with one attached hydrogen (secondary N) is 1. The third kappa shape index (κ3) is 4.18. The molecule has 4 aliphatic carbocycles. The van der Waals surface area contributed by atoms with E-state index in [-0.39, 0.29) is 17.1 Å². The lowest BCUT2D eigenvalue weighted by molar-refractivity contribution is -0.122. The summed E-state index contributed by atoms with van der Waals surface area (Å²) in [6.07, 6.45) is 9.16. The maximum absolute atomic E-state index is 13.5. The van der Waals surface area contributed by atoms with E-state index in [2.05, 4.69) is 17.4 Å². The number of methoxy groups -OCH3 is 1. The second kappa shape index (κ2) is 9.29. The molecule has 4 saturated carbocycles. The summed E-state index contributed by atoms with van der Waals surface area (Å²) in [5.74, 6) is 2.01. The highest BCUT2D eigenvalue weighted by molar-refractivity contribution is 6.39. The van der Waals surface area contributed by atoms with Gasteiger partial charge in [-0.05, 0) is 105 Å². The van der Waals surface area contributed by atoms with Crippen molar-refractivity contribution < 1.29 is 23.9 Å². The smallest absolute Gasteiger partial charge is 0.335 e. The van der Waals surface area contributed by atoms with Crippen LogP contribution in [0.5, 0.6) is 11.5 Å². The van der Waals surface area contributed by atoms with Gasteiger partial charge in [0.2, 0.25) is 0 Å². The number of nitrogens with zero attached hydrogens (tertiary/aromatic N) is 1. The van der Waals surface area contributed by atoms with Crippen LogP contribution < -0.4 is 19.7 Å². The topological polar surface area (TPSA) is 84.9 Å². The molecule has 38 heavy (non-hydrogen) atoms. The number of para-hydroxylation sites is 1. The standard InChI is InChI=1S/C31H34N2O5/c1-18(2)38-27-22(5-4-6-26(27)37-3)14-25-28(34)32-30(36)33(29(25)35)24-9-7-23(8-10-24)31-15-19-11-20(16-31)13-21(12-19)17-31/h4-10,14,18-21H,11-13,15-17H2,1-3H3,(H,32,34,36)/b25-14+. The molecule has 0 unspecified atom stereocenters. The lowest BCUT2D eigenvalue weighted by Crippen LogP contribution is -2.54. The van der Waals surface area contributed by atoms with Crippen molar-refractivity contribution in [2.45, 2.75) is 63.9 Å². The van der Waals surface area contributed by atoms with Crippen LogP contribution in [0.1, 0.15) is 63.5 Å². The number of hydrogen-bond donors (Lipinski definition) is 1. The summed E-state index contributed by atoms with van der Waals surface area (Å²) in [6.45, 7) is 3.77. The molecule has 7 heteroatoms. The zero-order valence-electron chi connectivity index (χ0n) is 22.2. The number of benzene rings is 2. The molecule has 5 aliphatic rings. The number of carbonyl (C=O) groups excluding carboxylic acids is 3. The number of anilines is 1. The monoisotopic (exact) mass is 514 g/mol. The number of imide groups is 2. The molecule has 0 radical (unpaired) electrons. The number of hydrogen-bond acceptors (Lipinski definition) is 5. The first kappa shape index (κ1) is 24.7. The summed E-state index contributed by atoms with van der Waals surface area (Å²) < 4.78 is 11.4. The molecule has 2 aromatic carbocycles. The first-order valence-electron chi connectivity index (χ1n) is 13.6. The van der Waals surface area contributed by atoms with Gasteiger partial charge in [-0.25, -0.2) is 9.69 Å². The van der Waals surface area contributed by atoms with Gasteiger partial charge in [-0.15, -0.1) is 0 Å². The second-order valence-corrected chi connectivity index (χ2v) is 11.7. The highest BCUT2D eigenvalue weighted by Gasteiger charge is 2.51. The van der Waals surface area contributed by atoms with Gasteiger partial charge in [0.25, 0.3) is 11.8 Å². The molecular weight excluding hydrogens is 480 g/mol. The number of rotatable bonds is 6. The van der Waals surface area contributed by atoms with E-state index in [1.165, 1.54) is 57.3 Å². The molecule has 1 aliphatic heterocycles. The SMILES string of the molecule is COc1cccc(/C=C2\C(=O)NC(=O)N(c3ccc(C45CC6CC(CC(C6)C4)C5)cc3)C2=O)c1OC(C)C. The largest absolute Gasteiger partial charge is 0.493 e. The van der Waals surface area contributed by atoms with Crippen molar-refractivity contribution in [3.8, 4) is 11.5 Å². The molecule has 0 spiro atoms. The van der Waals surface area contributed by atoms with Crippen molar-refractivity contribution in [3.63, 3.8) is 0 Å². The van der Waals surface area contributed by atoms with E-state index >= 15 is 0 Å². The molecule has 198 valence electrons. The molecule has 4 amide bonds. The van der Waals surface area contributed by atoms with E-state index in [9.17, 15) is 14.4 Å². The number of amides is 4. The number of carbonyl (C=O) groups is 3. The van der Waals surface area contributed by atoms with Crippen LogP contribution in [-0.2, 0) is 15.0 Å². The Morgan fingerprint density at radius 2 is 1.58 bits per heavy atom. The van der Waals surface area contributed by atoms with Crippen LogP contribution in [-0.4, -0.2) is 31.1 Å². The molecular formula is C31H34N2O5. The highest BCUT2D eigenvalue weighted by atomic mass is 16.5. The minimum atomic E-state index is -0.746. The van der Waals surface area contributed by atoms with Crippen molar-refractivity contribution in [2.75, 3.05) is 12.0 Å². The molecule has 1 heterocycles. The quantitative estimate of drug-likeness (QED) is 0.400. The second-order valence-electron chi connectivity index (χ2n) is 11.7. The Labute approximate surface area is 223 Å². The number of urea groups is 1. The Morgan fingerprint density at radius 1 is 0.947 bits per heavy atom. The van der Waals surface area contributed by atoms with Gasteiger partial charge in [0.15, 0.2) is 11.5 Å². The van der Waals surface area contributed by atoms with E-state index in [4.69, 9.17) is 9.47 Å². The van der Waals surface area contributed by atoms with Crippen LogP contribution >= 0.6 is 0 Å². The zero-order chi connectivity index (χ0) is 26.6. The summed E-state index contributed by atoms with van der Waals surface area (Å²) in [7, 11) is 1.53. The maximum atomic E-state index is 13.5. The normalized spacial score (nSPS) is 29.3. The molecule has 0 aromatic heterocycles. The van der Waals surface area contributed by atoms with Crippen molar-refractivity contribution >= 4 is 29.6 Å². The predicted octanol–water partition coefficient (Wildman–Crippen LogP) is 5.62. The molecule has 2 aromatic rings. The van der Waals surface area contributed by atoms with Gasteiger partial charge in [-0.2, -0.15) is 0 Å². The fourth-order valence-corrected chi connectivity index (χ4v) is 7.64. The Bertz CT molecular complexity index is 1290. The molecule has 4 bridgehead atoms. The average Bonchev–Trinajstić information content (AvgIpc) is 2.86. The van der Waals surface area contributed by atoms with Gasteiger partial charge in [0.05, 0.1) is 18.9 Å². The Kier molecular flexibility index (Phi) is 6.04. The van der Waals surface area contributed by atoms with Crippen LogP contribution in [0.25, 0.3) is 6.08 Å². The Balaban J connectivity index is 1.31. The lowest BCUT2D eigenvalue weighted by atomic mass is 9.48. The van der Waals surface area contributed by atoms with Crippen LogP contribution in [0.4, 0.5) is 10.5 Å². The summed E-state index contributed by atoms with van der Waals surface area (Å²) >= 11 is 0. The summed E-state index contributed by atoms with van der Waals surface area (Å²) in [4.78, 5) is 40.2. The Hall–Kier alpha value is -3.61. The summed E-state index contributed by atoms with van der Waals surface area (Å²) in [6, 6.07) is 12.4. The van der Waals surface area contributed by atoms with Gasteiger partial charge in [-0.1, -0.05) is 24.3 Å². The van der Waals surface area contributed by atoms with Gasteiger partial charge in [-0.3, -0.25) is 14.9 Å². The van der Waals surface area contributed by atoms with E-state index < -0.39 is 17.8 Å². The summed E-state index contributed by atoms with van der Waals surface area (Å²) in [5, 5.41) is 2.33. The third-order valence-corrected chi connectivity index (χ3v) is 8.76. The van der Waals surface area contributed by atoms with Gasteiger partial charge < -0.3 is 9.47 Å². The average molecular weight is 515 g/mol. The molecule has 1 N–H and O–H groups in total. The molecule has 5 fully saturated rings. The minimum Gasteiger partial charge on any atom is -0.493 e. The molecule has 7 nitrogen and oxygen atoms in total. The van der Waals surface area contributed by atoms with Crippen LogP contribution in [0.2, 0.25) is 0 Å². The van der Waals surface area contributed by atoms with Crippen molar-refractivity contribution in [3.05, 3.63) is 59.2 Å². The van der Waals surface area contributed by atoms with E-state index in [0.29, 0.717) is 22.7 Å². The lowest BCUT2D eigenvalue weighted by Gasteiger charge is -2.57. The number of ether oxygens (including phenoxy) is 2. The minimum absolute atomic E-state index is 0.142. The predicted molar refractivity (Wildman–Crippen MR) is 144 cm³/mol. The zero-order valence-corrected chi connectivity index (χ0v) is 22.2. The van der Waals surface area contributed by atoms with Gasteiger partial charge >= 0.3 is 6.03 Å². The van der Waals surface area contributed by atoms with Crippen molar-refractivity contribution in [2.24, 2.45) is 17.8 Å². The van der Waals surface area contributed by atoms with Crippen LogP contribution in [0.15, 0.2) is 48.0 Å². The maximum Gasteiger partial charge on any atom is 0.335 e. The molecule has 0 atom stereocenters. The van der Waals surface area contributed by atoms with Crippen LogP contribution in [0, 0.1) is 17.8 Å². The summed E-state index contributed by atoms with van der Waals surface area (Å²) in [5.41, 5.74) is 2.36. The molecule has 1 saturated heterocycles. The van der Waals surface area contributed by atoms with Crippen LogP contribution in [0.3, 0.4) is 0 Å².